The zero-order valence-corrected chi connectivity index (χ0v) is 19.4. The first-order chi connectivity index (χ1) is 15.7. The van der Waals surface area contributed by atoms with Gasteiger partial charge in [-0.3, -0.25) is 14.7 Å². The van der Waals surface area contributed by atoms with Crippen LogP contribution in [-0.2, 0) is 17.9 Å². The zero-order valence-electron chi connectivity index (χ0n) is 17.8. The van der Waals surface area contributed by atoms with Gasteiger partial charge < -0.3 is 4.74 Å². The first-order valence-corrected chi connectivity index (χ1v) is 12.5. The molecule has 0 aliphatic heterocycles. The van der Waals surface area contributed by atoms with Crippen molar-refractivity contribution in [2.75, 3.05) is 11.1 Å². The van der Waals surface area contributed by atoms with Gasteiger partial charge in [0.25, 0.3) is 0 Å². The summed E-state index contributed by atoms with van der Waals surface area (Å²) >= 11 is 2.81. The molecule has 168 valence electrons. The predicted octanol–water partition coefficient (Wildman–Crippen LogP) is 4.67. The number of carbonyl (C=O) groups is 1. The lowest BCUT2D eigenvalue weighted by molar-refractivity contribution is -0.113. The van der Waals surface area contributed by atoms with Crippen LogP contribution < -0.4 is 10.1 Å². The number of allylic oxidation sites excluding steroid dienone is 1. The molecule has 1 saturated carbocycles. The van der Waals surface area contributed by atoms with Crippen molar-refractivity contribution >= 4 is 34.1 Å². The largest absolute Gasteiger partial charge is 0.486 e. The van der Waals surface area contributed by atoms with Crippen molar-refractivity contribution in [1.29, 1.82) is 0 Å². The van der Waals surface area contributed by atoms with Gasteiger partial charge in [0.05, 0.1) is 5.75 Å². The molecule has 4 rings (SSSR count). The smallest absolute Gasteiger partial charge is 0.236 e. The van der Waals surface area contributed by atoms with E-state index >= 15 is 0 Å². The number of amides is 1. The Morgan fingerprint density at radius 1 is 1.19 bits per heavy atom. The molecule has 10 heteroatoms. The molecule has 1 fully saturated rings. The van der Waals surface area contributed by atoms with Crippen LogP contribution in [0.5, 0.6) is 5.75 Å². The summed E-state index contributed by atoms with van der Waals surface area (Å²) in [4.78, 5) is 12.5. The highest BCUT2D eigenvalue weighted by Gasteiger charge is 2.20. The summed E-state index contributed by atoms with van der Waals surface area (Å²) in [6.07, 6.45) is 7.88. The van der Waals surface area contributed by atoms with Gasteiger partial charge in [-0.1, -0.05) is 66.6 Å². The Morgan fingerprint density at radius 2 is 2.00 bits per heavy atom. The molecule has 0 atom stereocenters. The summed E-state index contributed by atoms with van der Waals surface area (Å²) in [6.45, 7) is 4.63. The fourth-order valence-corrected chi connectivity index (χ4v) is 5.29. The molecule has 0 bridgehead atoms. The fraction of sp³-hybridized carbons (Fsp3) is 0.409. The van der Waals surface area contributed by atoms with E-state index in [0.717, 1.165) is 23.6 Å². The lowest BCUT2D eigenvalue weighted by Crippen LogP contribution is -2.15. The maximum Gasteiger partial charge on any atom is 0.236 e. The minimum atomic E-state index is -0.142. The molecule has 0 radical (unpaired) electrons. The van der Waals surface area contributed by atoms with Crippen molar-refractivity contribution < 1.29 is 9.53 Å². The average Bonchev–Trinajstić information content (AvgIpc) is 3.45. The maximum atomic E-state index is 12.5. The summed E-state index contributed by atoms with van der Waals surface area (Å²) in [5, 5.41) is 22.0. The molecule has 8 nitrogen and oxygen atoms in total. The highest BCUT2D eigenvalue weighted by molar-refractivity contribution is 7.99. The van der Waals surface area contributed by atoms with Crippen molar-refractivity contribution in [3.8, 4) is 5.75 Å². The number of anilines is 1. The van der Waals surface area contributed by atoms with Gasteiger partial charge >= 0.3 is 0 Å². The average molecular weight is 471 g/mol. The maximum absolute atomic E-state index is 12.5. The molecule has 0 saturated heterocycles. The third kappa shape index (κ3) is 5.95. The van der Waals surface area contributed by atoms with E-state index in [9.17, 15) is 4.79 Å². The molecule has 1 aliphatic rings. The van der Waals surface area contributed by atoms with Crippen molar-refractivity contribution in [3.05, 3.63) is 53.8 Å². The molecular weight excluding hydrogens is 444 g/mol. The van der Waals surface area contributed by atoms with Crippen molar-refractivity contribution in [1.82, 2.24) is 25.0 Å². The van der Waals surface area contributed by atoms with Crippen LogP contribution in [0.25, 0.3) is 0 Å². The normalized spacial score (nSPS) is 14.2. The summed E-state index contributed by atoms with van der Waals surface area (Å²) in [5.74, 6) is 1.98. The Bertz CT molecular complexity index is 1030. The van der Waals surface area contributed by atoms with E-state index in [1.807, 2.05) is 34.9 Å². The van der Waals surface area contributed by atoms with Gasteiger partial charge in [0.1, 0.15) is 17.4 Å². The Balaban J connectivity index is 1.31. The van der Waals surface area contributed by atoms with Crippen LogP contribution in [0.15, 0.2) is 48.1 Å². The van der Waals surface area contributed by atoms with Gasteiger partial charge in [-0.2, -0.15) is 0 Å². The minimum absolute atomic E-state index is 0.142. The molecule has 1 aliphatic carbocycles. The van der Waals surface area contributed by atoms with E-state index in [-0.39, 0.29) is 18.3 Å². The number of aromatic nitrogens is 5. The number of ether oxygens (including phenoxy) is 1. The zero-order chi connectivity index (χ0) is 22.2. The first kappa shape index (κ1) is 22.5. The Morgan fingerprint density at radius 3 is 2.78 bits per heavy atom. The molecule has 2 aromatic heterocycles. The highest BCUT2D eigenvalue weighted by atomic mass is 32.2. The van der Waals surface area contributed by atoms with Crippen LogP contribution in [0.2, 0.25) is 0 Å². The molecular formula is C22H26N6O2S2. The number of thioether (sulfide) groups is 1. The predicted molar refractivity (Wildman–Crippen MR) is 126 cm³/mol. The van der Waals surface area contributed by atoms with Gasteiger partial charge in [-0.25, -0.2) is 0 Å². The van der Waals surface area contributed by atoms with E-state index in [2.05, 4.69) is 32.3 Å². The lowest BCUT2D eigenvalue weighted by atomic mass is 9.90. The molecule has 1 N–H and O–H groups in total. The number of carbonyl (C=O) groups excluding carboxylic acids is 1. The van der Waals surface area contributed by atoms with E-state index in [0.29, 0.717) is 28.6 Å². The highest BCUT2D eigenvalue weighted by Crippen LogP contribution is 2.35. The van der Waals surface area contributed by atoms with Crippen LogP contribution in [0.3, 0.4) is 0 Å². The molecule has 2 heterocycles. The van der Waals surface area contributed by atoms with E-state index in [4.69, 9.17) is 4.74 Å². The summed E-state index contributed by atoms with van der Waals surface area (Å²) in [5.41, 5.74) is 0. The number of nitrogens with one attached hydrogen (secondary N) is 1. The van der Waals surface area contributed by atoms with Crippen molar-refractivity contribution in [2.24, 2.45) is 0 Å². The number of para-hydroxylation sites is 1. The third-order valence-electron chi connectivity index (χ3n) is 5.19. The number of hydrogen-bond donors (Lipinski definition) is 1. The molecule has 0 spiro atoms. The number of nitrogens with zero attached hydrogens (tertiary/aromatic N) is 5. The van der Waals surface area contributed by atoms with Crippen molar-refractivity contribution in [3.63, 3.8) is 0 Å². The quantitative estimate of drug-likeness (QED) is 0.340. The van der Waals surface area contributed by atoms with Crippen molar-refractivity contribution in [2.45, 2.75) is 56.3 Å². The van der Waals surface area contributed by atoms with Crippen LogP contribution in [0, 0.1) is 0 Å². The second-order valence-corrected chi connectivity index (χ2v) is 9.47. The standard InChI is InChI=1S/C22H26N6O2S2/c1-2-13-28-18(14-30-17-11-7-4-8-12-17)24-27-22(28)31-15-19(29)23-21-26-25-20(32-21)16-9-5-3-6-10-16/h2,4,7-8,11-12,16H,1,3,5-6,9-10,13-15H2,(H,23,26,29). The Labute approximate surface area is 195 Å². The van der Waals surface area contributed by atoms with Crippen LogP contribution in [-0.4, -0.2) is 36.6 Å². The molecule has 3 aromatic rings. The van der Waals surface area contributed by atoms with Gasteiger partial charge in [0.2, 0.25) is 11.0 Å². The second-order valence-electron chi connectivity index (χ2n) is 7.52. The summed E-state index contributed by atoms with van der Waals surface area (Å²) < 4.78 is 7.69. The van der Waals surface area contributed by atoms with Crippen LogP contribution >= 0.6 is 23.1 Å². The van der Waals surface area contributed by atoms with Crippen LogP contribution in [0.1, 0.15) is 48.9 Å². The van der Waals surface area contributed by atoms with Gasteiger partial charge in [-0.15, -0.1) is 27.0 Å². The number of benzene rings is 1. The molecule has 32 heavy (non-hydrogen) atoms. The van der Waals surface area contributed by atoms with E-state index < -0.39 is 0 Å². The molecule has 1 amide bonds. The summed E-state index contributed by atoms with van der Waals surface area (Å²) in [7, 11) is 0. The summed E-state index contributed by atoms with van der Waals surface area (Å²) in [6, 6.07) is 9.55. The monoisotopic (exact) mass is 470 g/mol. The second kappa shape index (κ2) is 11.2. The van der Waals surface area contributed by atoms with E-state index in [1.165, 1.54) is 42.4 Å². The number of rotatable bonds is 10. The SMILES string of the molecule is C=CCn1c(COc2ccccc2)nnc1SCC(=O)Nc1nnc(C2CCCCC2)s1. The van der Waals surface area contributed by atoms with Gasteiger partial charge in [0.15, 0.2) is 11.0 Å². The van der Waals surface area contributed by atoms with Gasteiger partial charge in [-0.05, 0) is 25.0 Å². The Kier molecular flexibility index (Phi) is 7.89. The lowest BCUT2D eigenvalue weighted by Gasteiger charge is -2.18. The van der Waals surface area contributed by atoms with E-state index in [1.54, 1.807) is 6.08 Å². The molecule has 1 aromatic carbocycles. The fourth-order valence-electron chi connectivity index (χ4n) is 3.59. The molecule has 0 unspecified atom stereocenters. The first-order valence-electron chi connectivity index (χ1n) is 10.7. The van der Waals surface area contributed by atoms with Crippen LogP contribution in [0.4, 0.5) is 5.13 Å². The number of hydrogen-bond acceptors (Lipinski definition) is 8. The Hall–Kier alpha value is -2.72. The van der Waals surface area contributed by atoms with Gasteiger partial charge in [0, 0.05) is 12.5 Å². The minimum Gasteiger partial charge on any atom is -0.486 e. The third-order valence-corrected chi connectivity index (χ3v) is 7.16. The topological polar surface area (TPSA) is 94.8 Å².